The quantitative estimate of drug-likeness (QED) is 0.603. The summed E-state index contributed by atoms with van der Waals surface area (Å²) in [5, 5.41) is 2.95. The van der Waals surface area contributed by atoms with Crippen LogP contribution in [0, 0.1) is 0 Å². The van der Waals surface area contributed by atoms with Crippen molar-refractivity contribution in [2.45, 2.75) is 48.5 Å². The van der Waals surface area contributed by atoms with Gasteiger partial charge in [-0.05, 0) is 0 Å². The Morgan fingerprint density at radius 1 is 1.00 bits per heavy atom. The molecule has 0 fully saturated rings. The first kappa shape index (κ1) is 14.4. The molecular formula is C8H21AsO4S. The van der Waals surface area contributed by atoms with E-state index in [1.807, 2.05) is 27.7 Å². The van der Waals surface area contributed by atoms with E-state index in [4.69, 9.17) is 7.72 Å². The van der Waals surface area contributed by atoms with Crippen LogP contribution in [0.3, 0.4) is 0 Å². The van der Waals surface area contributed by atoms with Crippen molar-refractivity contribution < 1.29 is 16.1 Å². The predicted molar refractivity (Wildman–Crippen MR) is 60.3 cm³/mol. The van der Waals surface area contributed by atoms with E-state index in [-0.39, 0.29) is 0 Å². The standard InChI is InChI=1S/C8H21AsO4S/c1-5-9(6-2,7-3,8-4)13-14(10,11)12/h5-8H2,1-4H3,(H,10,11,12). The molecule has 0 rings (SSSR count). The van der Waals surface area contributed by atoms with E-state index in [1.165, 1.54) is 0 Å². The van der Waals surface area contributed by atoms with E-state index in [0.29, 0.717) is 0 Å². The van der Waals surface area contributed by atoms with E-state index < -0.39 is 23.2 Å². The minimum absolute atomic E-state index is 0.738. The number of hydrogen-bond acceptors (Lipinski definition) is 3. The Balaban J connectivity index is 5.26. The Bertz CT molecular complexity index is 258. The van der Waals surface area contributed by atoms with Crippen LogP contribution in [0.4, 0.5) is 0 Å². The average molecular weight is 288 g/mol. The van der Waals surface area contributed by atoms with Crippen molar-refractivity contribution in [3.8, 4) is 0 Å². The summed E-state index contributed by atoms with van der Waals surface area (Å²) >= 11 is -3.27. The number of rotatable bonds is 6. The molecule has 0 spiro atoms. The monoisotopic (exact) mass is 288 g/mol. The van der Waals surface area contributed by atoms with Crippen LogP contribution in [0.5, 0.6) is 0 Å². The molecule has 0 aliphatic heterocycles. The molecule has 0 aliphatic carbocycles. The molecule has 1 N–H and O–H groups in total. The van der Waals surface area contributed by atoms with Gasteiger partial charge in [0.1, 0.15) is 0 Å². The van der Waals surface area contributed by atoms with Gasteiger partial charge in [-0.3, -0.25) is 0 Å². The predicted octanol–water partition coefficient (Wildman–Crippen LogP) is 2.78. The first-order valence-electron chi connectivity index (χ1n) is 4.96. The van der Waals surface area contributed by atoms with Crippen molar-refractivity contribution in [1.29, 1.82) is 0 Å². The molecule has 0 aromatic rings. The molecule has 88 valence electrons. The van der Waals surface area contributed by atoms with Crippen LogP contribution in [0.2, 0.25) is 20.8 Å². The summed E-state index contributed by atoms with van der Waals surface area (Å²) < 4.78 is 35.7. The second kappa shape index (κ2) is 4.52. The molecule has 0 heterocycles. The van der Waals surface area contributed by atoms with Crippen LogP contribution < -0.4 is 0 Å². The Labute approximate surface area is 88.0 Å². The maximum atomic E-state index is 10.9. The van der Waals surface area contributed by atoms with Crippen LogP contribution >= 0.6 is 0 Å². The summed E-state index contributed by atoms with van der Waals surface area (Å²) in [6.45, 7) is 7.81. The molecule has 0 aromatic carbocycles. The Morgan fingerprint density at radius 3 is 1.36 bits per heavy atom. The van der Waals surface area contributed by atoms with Gasteiger partial charge in [-0.2, -0.15) is 0 Å². The van der Waals surface area contributed by atoms with E-state index >= 15 is 0 Å². The summed E-state index contributed by atoms with van der Waals surface area (Å²) in [7, 11) is -4.31. The van der Waals surface area contributed by atoms with E-state index in [9.17, 15) is 8.42 Å². The second-order valence-corrected chi connectivity index (χ2v) is 18.7. The molecule has 0 atom stereocenters. The maximum absolute atomic E-state index is 10.9. The molecule has 4 nitrogen and oxygen atoms in total. The van der Waals surface area contributed by atoms with Crippen molar-refractivity contribution in [3.63, 3.8) is 0 Å². The summed E-state index contributed by atoms with van der Waals surface area (Å²) in [5.41, 5.74) is 0. The summed E-state index contributed by atoms with van der Waals surface area (Å²) in [5.74, 6) is 0. The first-order chi connectivity index (χ1) is 6.26. The van der Waals surface area contributed by atoms with Crippen molar-refractivity contribution in [2.24, 2.45) is 0 Å². The fourth-order valence-corrected chi connectivity index (χ4v) is 14.4. The molecule has 0 aliphatic rings. The van der Waals surface area contributed by atoms with Gasteiger partial charge in [-0.1, -0.05) is 0 Å². The van der Waals surface area contributed by atoms with Crippen LogP contribution in [0.15, 0.2) is 0 Å². The SMILES string of the molecule is CC[As](CC)(CC)(CC)OS(=O)(=O)O. The zero-order valence-electron chi connectivity index (χ0n) is 9.36. The van der Waals surface area contributed by atoms with E-state index in [0.717, 1.165) is 20.8 Å². The molecule has 0 saturated heterocycles. The Morgan fingerprint density at radius 2 is 1.29 bits per heavy atom. The minimum atomic E-state index is -4.31. The average Bonchev–Trinajstić information content (AvgIpc) is 2.14. The van der Waals surface area contributed by atoms with Gasteiger partial charge in [0.15, 0.2) is 0 Å². The second-order valence-electron chi connectivity index (χ2n) is 3.63. The molecule has 0 unspecified atom stereocenters. The first-order valence-corrected chi connectivity index (χ1v) is 12.4. The molecule has 0 amide bonds. The zero-order chi connectivity index (χ0) is 11.5. The van der Waals surface area contributed by atoms with Gasteiger partial charge in [0.05, 0.1) is 0 Å². The van der Waals surface area contributed by atoms with E-state index in [1.54, 1.807) is 0 Å². The molecule has 0 saturated carbocycles. The van der Waals surface area contributed by atoms with Crippen LogP contribution in [-0.4, -0.2) is 25.8 Å². The van der Waals surface area contributed by atoms with Gasteiger partial charge in [0, 0.05) is 0 Å². The molecule has 6 heteroatoms. The fourth-order valence-electron chi connectivity index (χ4n) is 1.82. The van der Waals surface area contributed by atoms with E-state index in [2.05, 4.69) is 0 Å². The molecular weight excluding hydrogens is 267 g/mol. The van der Waals surface area contributed by atoms with Crippen molar-refractivity contribution in [2.75, 3.05) is 0 Å². The van der Waals surface area contributed by atoms with Crippen molar-refractivity contribution in [1.82, 2.24) is 0 Å². The number of hydrogen-bond donors (Lipinski definition) is 1. The normalized spacial score (nSPS) is 16.2. The summed E-state index contributed by atoms with van der Waals surface area (Å²) in [6.07, 6.45) is 0. The summed E-state index contributed by atoms with van der Waals surface area (Å²) in [4.78, 5) is 0. The topological polar surface area (TPSA) is 63.6 Å². The Kier molecular flexibility index (Phi) is 4.66. The van der Waals surface area contributed by atoms with Crippen molar-refractivity contribution >= 4 is 23.2 Å². The van der Waals surface area contributed by atoms with Crippen LogP contribution in [-0.2, 0) is 13.6 Å². The van der Waals surface area contributed by atoms with Gasteiger partial charge >= 0.3 is 87.9 Å². The fraction of sp³-hybridized carbons (Fsp3) is 1.00. The Hall–Kier alpha value is 0.428. The van der Waals surface area contributed by atoms with Gasteiger partial charge in [0.2, 0.25) is 0 Å². The molecule has 0 bridgehead atoms. The van der Waals surface area contributed by atoms with Crippen LogP contribution in [0.1, 0.15) is 27.7 Å². The van der Waals surface area contributed by atoms with Gasteiger partial charge < -0.3 is 0 Å². The molecule has 0 radical (unpaired) electrons. The van der Waals surface area contributed by atoms with Crippen molar-refractivity contribution in [3.05, 3.63) is 0 Å². The van der Waals surface area contributed by atoms with Gasteiger partial charge in [-0.25, -0.2) is 0 Å². The third-order valence-electron chi connectivity index (χ3n) is 3.50. The van der Waals surface area contributed by atoms with Crippen LogP contribution in [0.25, 0.3) is 0 Å². The summed E-state index contributed by atoms with van der Waals surface area (Å²) in [6, 6.07) is 0. The molecule has 0 aromatic heterocycles. The third-order valence-corrected chi connectivity index (χ3v) is 21.4. The zero-order valence-corrected chi connectivity index (χ0v) is 12.0. The van der Waals surface area contributed by atoms with Gasteiger partial charge in [0.25, 0.3) is 0 Å². The third kappa shape index (κ3) is 2.96. The molecule has 14 heavy (non-hydrogen) atoms. The van der Waals surface area contributed by atoms with Gasteiger partial charge in [-0.15, -0.1) is 0 Å².